The van der Waals surface area contributed by atoms with Crippen molar-refractivity contribution in [3.63, 3.8) is 0 Å². The van der Waals surface area contributed by atoms with Gasteiger partial charge in [-0.3, -0.25) is 0 Å². The van der Waals surface area contributed by atoms with Crippen molar-refractivity contribution in [2.75, 3.05) is 0 Å². The summed E-state index contributed by atoms with van der Waals surface area (Å²) in [5.41, 5.74) is 1.91. The van der Waals surface area contributed by atoms with E-state index in [2.05, 4.69) is 15.2 Å². The van der Waals surface area contributed by atoms with E-state index in [1.807, 2.05) is 31.2 Å². The van der Waals surface area contributed by atoms with Crippen LogP contribution < -0.4 is 0 Å². The molecule has 0 saturated heterocycles. The van der Waals surface area contributed by atoms with Crippen LogP contribution in [0.25, 0.3) is 0 Å². The topological polar surface area (TPSA) is 60.7 Å². The molecule has 0 aliphatic heterocycles. The van der Waals surface area contributed by atoms with Crippen molar-refractivity contribution in [2.45, 2.75) is 6.92 Å². The second kappa shape index (κ2) is 4.54. The first-order valence-electron chi connectivity index (χ1n) is 4.55. The van der Waals surface area contributed by atoms with E-state index < -0.39 is 0 Å². The number of aromatic amines is 1. The Balaban J connectivity index is 2.24. The molecule has 0 fully saturated rings. The minimum Gasteiger partial charge on any atom is -0.492 e. The largest absolute Gasteiger partial charge is 0.492 e. The van der Waals surface area contributed by atoms with Crippen LogP contribution in [0.2, 0.25) is 0 Å². The number of H-pyrrole nitrogens is 1. The van der Waals surface area contributed by atoms with Crippen LogP contribution in [-0.2, 0) is 0 Å². The third kappa shape index (κ3) is 2.53. The number of aromatic nitrogens is 1. The number of benzene rings is 1. The molecule has 1 aromatic carbocycles. The van der Waals surface area contributed by atoms with Crippen molar-refractivity contribution < 1.29 is 5.11 Å². The summed E-state index contributed by atoms with van der Waals surface area (Å²) in [6.07, 6.45) is 0. The summed E-state index contributed by atoms with van der Waals surface area (Å²) < 4.78 is 0.482. The lowest BCUT2D eigenvalue weighted by Gasteiger charge is -1.92. The van der Waals surface area contributed by atoms with Gasteiger partial charge in [0.2, 0.25) is 10.9 Å². The summed E-state index contributed by atoms with van der Waals surface area (Å²) in [7, 11) is 0. The summed E-state index contributed by atoms with van der Waals surface area (Å²) in [6, 6.07) is 7.63. The Morgan fingerprint density at radius 2 is 1.94 bits per heavy atom. The number of thiazole rings is 1. The summed E-state index contributed by atoms with van der Waals surface area (Å²) in [6.45, 7) is 2.00. The number of azo groups is 1. The van der Waals surface area contributed by atoms with Gasteiger partial charge in [-0.05, 0) is 31.3 Å². The standard InChI is InChI=1S/C10H9N3OS2/c1-6-2-4-7(5-3-6)12-13-9-8(14)11-10(15)16-9/h2-5,14H,1H3,(H,11,15). The number of rotatable bonds is 2. The highest BCUT2D eigenvalue weighted by atomic mass is 32.1. The van der Waals surface area contributed by atoms with Gasteiger partial charge in [0.15, 0.2) is 3.95 Å². The fraction of sp³-hybridized carbons (Fsp3) is 0.100. The van der Waals surface area contributed by atoms with E-state index in [0.717, 1.165) is 5.69 Å². The van der Waals surface area contributed by atoms with Gasteiger partial charge in [0.05, 0.1) is 5.69 Å². The molecule has 2 N–H and O–H groups in total. The maximum atomic E-state index is 9.39. The second-order valence-corrected chi connectivity index (χ2v) is 4.87. The maximum Gasteiger partial charge on any atom is 0.229 e. The summed E-state index contributed by atoms with van der Waals surface area (Å²) >= 11 is 6.06. The Hall–Kier alpha value is -1.53. The Morgan fingerprint density at radius 3 is 2.50 bits per heavy atom. The number of aromatic hydroxyl groups is 1. The summed E-state index contributed by atoms with van der Waals surface area (Å²) in [5, 5.41) is 17.7. The molecule has 16 heavy (non-hydrogen) atoms. The minimum atomic E-state index is -0.0362. The maximum absolute atomic E-state index is 9.39. The van der Waals surface area contributed by atoms with E-state index in [4.69, 9.17) is 12.2 Å². The van der Waals surface area contributed by atoms with Crippen LogP contribution >= 0.6 is 23.6 Å². The van der Waals surface area contributed by atoms with Crippen LogP contribution in [0.4, 0.5) is 10.7 Å². The third-order valence-electron chi connectivity index (χ3n) is 1.90. The summed E-state index contributed by atoms with van der Waals surface area (Å²) in [5.74, 6) is -0.0362. The van der Waals surface area contributed by atoms with Gasteiger partial charge >= 0.3 is 0 Å². The lowest BCUT2D eigenvalue weighted by molar-refractivity contribution is 0.458. The van der Waals surface area contributed by atoms with E-state index in [1.165, 1.54) is 16.9 Å². The van der Waals surface area contributed by atoms with E-state index in [-0.39, 0.29) is 5.88 Å². The van der Waals surface area contributed by atoms with Crippen molar-refractivity contribution in [1.29, 1.82) is 0 Å². The van der Waals surface area contributed by atoms with Gasteiger partial charge in [-0.1, -0.05) is 29.0 Å². The van der Waals surface area contributed by atoms with Gasteiger partial charge < -0.3 is 10.1 Å². The van der Waals surface area contributed by atoms with Gasteiger partial charge in [0, 0.05) is 0 Å². The van der Waals surface area contributed by atoms with Crippen LogP contribution in [0.3, 0.4) is 0 Å². The molecular weight excluding hydrogens is 242 g/mol. The van der Waals surface area contributed by atoms with Crippen molar-refractivity contribution in [3.8, 4) is 5.88 Å². The molecule has 2 rings (SSSR count). The molecular formula is C10H9N3OS2. The number of nitrogens with zero attached hydrogens (tertiary/aromatic N) is 2. The van der Waals surface area contributed by atoms with Crippen LogP contribution in [0.5, 0.6) is 5.88 Å². The molecule has 1 heterocycles. The molecule has 0 spiro atoms. The van der Waals surface area contributed by atoms with Gasteiger partial charge in [-0.2, -0.15) is 0 Å². The number of aryl methyl sites for hydroxylation is 1. The van der Waals surface area contributed by atoms with Crippen LogP contribution in [0.15, 0.2) is 34.5 Å². The number of hydrogen-bond donors (Lipinski definition) is 2. The van der Waals surface area contributed by atoms with E-state index in [9.17, 15) is 5.11 Å². The molecule has 0 aliphatic rings. The monoisotopic (exact) mass is 251 g/mol. The number of hydrogen-bond acceptors (Lipinski definition) is 5. The zero-order chi connectivity index (χ0) is 11.5. The minimum absolute atomic E-state index is 0.0362. The van der Waals surface area contributed by atoms with Crippen LogP contribution in [0, 0.1) is 10.9 Å². The molecule has 0 unspecified atom stereocenters. The molecule has 2 aromatic rings. The Kier molecular flexibility index (Phi) is 3.12. The van der Waals surface area contributed by atoms with Crippen molar-refractivity contribution in [3.05, 3.63) is 33.8 Å². The lowest BCUT2D eigenvalue weighted by Crippen LogP contribution is -1.67. The first kappa shape index (κ1) is 11.0. The van der Waals surface area contributed by atoms with E-state index in [0.29, 0.717) is 8.96 Å². The zero-order valence-electron chi connectivity index (χ0n) is 8.47. The predicted octanol–water partition coefficient (Wildman–Crippen LogP) is 4.24. The molecule has 4 nitrogen and oxygen atoms in total. The molecule has 0 aliphatic carbocycles. The second-order valence-electron chi connectivity index (χ2n) is 3.20. The van der Waals surface area contributed by atoms with Crippen LogP contribution in [0.1, 0.15) is 5.56 Å². The molecule has 1 aromatic heterocycles. The molecule has 0 amide bonds. The highest BCUT2D eigenvalue weighted by Gasteiger charge is 2.02. The van der Waals surface area contributed by atoms with Gasteiger partial charge in [0.25, 0.3) is 0 Å². The molecule has 82 valence electrons. The average Bonchev–Trinajstić information content (AvgIpc) is 2.57. The Bertz CT molecular complexity index is 568. The molecule has 0 atom stereocenters. The first-order chi connectivity index (χ1) is 7.65. The van der Waals surface area contributed by atoms with Crippen molar-refractivity contribution >= 4 is 34.2 Å². The van der Waals surface area contributed by atoms with Crippen molar-refractivity contribution in [2.24, 2.45) is 10.2 Å². The Labute approximate surface area is 101 Å². The van der Waals surface area contributed by atoms with Gasteiger partial charge in [0.1, 0.15) is 0 Å². The fourth-order valence-electron chi connectivity index (χ4n) is 1.09. The van der Waals surface area contributed by atoms with Crippen molar-refractivity contribution in [1.82, 2.24) is 4.98 Å². The SMILES string of the molecule is Cc1ccc(N=Nc2sc(=S)[nH]c2O)cc1. The molecule has 0 saturated carbocycles. The fourth-order valence-corrected chi connectivity index (χ4v) is 1.98. The quantitative estimate of drug-likeness (QED) is 0.619. The van der Waals surface area contributed by atoms with E-state index >= 15 is 0 Å². The Morgan fingerprint density at radius 1 is 1.25 bits per heavy atom. The number of nitrogens with one attached hydrogen (secondary N) is 1. The third-order valence-corrected chi connectivity index (χ3v) is 3.01. The van der Waals surface area contributed by atoms with Crippen LogP contribution in [-0.4, -0.2) is 10.1 Å². The molecule has 0 radical (unpaired) electrons. The zero-order valence-corrected chi connectivity index (χ0v) is 10.1. The van der Waals surface area contributed by atoms with Gasteiger partial charge in [-0.25, -0.2) is 0 Å². The predicted molar refractivity (Wildman–Crippen MR) is 66.5 cm³/mol. The molecule has 6 heteroatoms. The highest BCUT2D eigenvalue weighted by Crippen LogP contribution is 2.32. The smallest absolute Gasteiger partial charge is 0.229 e. The lowest BCUT2D eigenvalue weighted by atomic mass is 10.2. The van der Waals surface area contributed by atoms with E-state index in [1.54, 1.807) is 0 Å². The first-order valence-corrected chi connectivity index (χ1v) is 5.78. The molecule has 0 bridgehead atoms. The summed E-state index contributed by atoms with van der Waals surface area (Å²) in [4.78, 5) is 2.59. The highest BCUT2D eigenvalue weighted by molar-refractivity contribution is 7.73. The normalized spacial score (nSPS) is 11.1. The average molecular weight is 251 g/mol. The van der Waals surface area contributed by atoms with Gasteiger partial charge in [-0.15, -0.1) is 10.2 Å².